The monoisotopic (exact) mass is 338 g/mol. The molecule has 0 aromatic heterocycles. The normalized spacial score (nSPS) is 11.3. The Morgan fingerprint density at radius 3 is 1.59 bits per heavy atom. The van der Waals surface area contributed by atoms with Crippen molar-refractivity contribution in [2.75, 3.05) is 0 Å². The third-order valence-electron chi connectivity index (χ3n) is 2.22. The molecule has 0 heterocycles. The van der Waals surface area contributed by atoms with Crippen molar-refractivity contribution in [1.82, 2.24) is 0 Å². The van der Waals surface area contributed by atoms with E-state index >= 15 is 0 Å². The van der Waals surface area contributed by atoms with Gasteiger partial charge in [0.15, 0.2) is 0 Å². The molecule has 5 heteroatoms. The molecule has 0 aliphatic rings. The minimum atomic E-state index is -1.19. The molecule has 0 radical (unpaired) electrons. The van der Waals surface area contributed by atoms with Gasteiger partial charge in [-0.2, -0.15) is 22.2 Å². The molecule has 17 heavy (non-hydrogen) atoms. The number of unbranched alkanes of at least 4 members (excludes halogenated alkanes) is 6. The summed E-state index contributed by atoms with van der Waals surface area (Å²) in [5.41, 5.74) is 0. The summed E-state index contributed by atoms with van der Waals surface area (Å²) in [6, 6.07) is 0. The lowest BCUT2D eigenvalue weighted by Gasteiger charge is -2.11. The predicted molar refractivity (Wildman–Crippen MR) is 87.4 cm³/mol. The largest absolute Gasteiger partial charge is 0.234 e. The zero-order valence-electron chi connectivity index (χ0n) is 11.2. The highest BCUT2D eigenvalue weighted by Crippen LogP contribution is 2.26. The number of hydrogen-bond donors (Lipinski definition) is 0. The number of halogens is 4. The van der Waals surface area contributed by atoms with E-state index in [1.54, 1.807) is 0 Å². The number of alkyl halides is 2. The molecule has 0 saturated carbocycles. The van der Waals surface area contributed by atoms with E-state index in [0.717, 1.165) is 12.8 Å². The van der Waals surface area contributed by atoms with Crippen LogP contribution in [0.25, 0.3) is 0 Å². The summed E-state index contributed by atoms with van der Waals surface area (Å²) in [7, 11) is -1.19. The molecule has 0 bridgehead atoms. The van der Waals surface area contributed by atoms with E-state index in [1.807, 2.05) is 13.5 Å². The Bertz CT molecular complexity index is 143. The summed E-state index contributed by atoms with van der Waals surface area (Å²) < 4.78 is -0.510. The van der Waals surface area contributed by atoms with Crippen molar-refractivity contribution in [3.63, 3.8) is 0 Å². The molecule has 0 unspecified atom stereocenters. The van der Waals surface area contributed by atoms with Crippen LogP contribution in [0, 0.1) is 0 Å². The maximum atomic E-state index is 5.86. The Hall–Kier alpha value is 1.38. The molecule has 0 spiro atoms. The smallest absolute Gasteiger partial charge is 0.151 e. The molecule has 0 fully saturated rings. The van der Waals surface area contributed by atoms with Gasteiger partial charge in [0.05, 0.1) is 0 Å². The van der Waals surface area contributed by atoms with Gasteiger partial charge in [0.25, 0.3) is 0 Å². The summed E-state index contributed by atoms with van der Waals surface area (Å²) in [6.45, 7) is 5.95. The highest BCUT2D eigenvalue weighted by atomic mass is 35.7. The van der Waals surface area contributed by atoms with E-state index < -0.39 is 11.7 Å². The Morgan fingerprint density at radius 2 is 1.24 bits per heavy atom. The molecule has 0 rings (SSSR count). The maximum absolute atomic E-state index is 5.86. The van der Waals surface area contributed by atoms with Crippen molar-refractivity contribution >= 4 is 52.8 Å². The van der Waals surface area contributed by atoms with Crippen LogP contribution in [0.3, 0.4) is 0 Å². The van der Waals surface area contributed by atoms with Crippen LogP contribution >= 0.6 is 45.4 Å². The predicted octanol–water partition coefficient (Wildman–Crippen LogP) is 6.64. The highest BCUT2D eigenvalue weighted by molar-refractivity contribution is 7.33. The fourth-order valence-electron chi connectivity index (χ4n) is 1.39. The molecule has 0 aliphatic heterocycles. The van der Waals surface area contributed by atoms with Gasteiger partial charge < -0.3 is 0 Å². The van der Waals surface area contributed by atoms with Crippen LogP contribution in [0.15, 0.2) is 0 Å². The Labute approximate surface area is 128 Å². The topological polar surface area (TPSA) is 0 Å². The molecule has 0 saturated heterocycles. The van der Waals surface area contributed by atoms with Crippen molar-refractivity contribution in [2.24, 2.45) is 0 Å². The molecular formula is C12H26Cl4Si. The number of rotatable bonds is 8. The van der Waals surface area contributed by atoms with E-state index in [0.29, 0.717) is 0 Å². The number of hydrogen-bond acceptors (Lipinski definition) is 0. The second kappa shape index (κ2) is 13.8. The van der Waals surface area contributed by atoms with Crippen LogP contribution in [0.2, 0.25) is 6.55 Å². The van der Waals surface area contributed by atoms with E-state index in [1.165, 1.54) is 38.5 Å². The van der Waals surface area contributed by atoms with Crippen LogP contribution in [-0.2, 0) is 0 Å². The molecule has 0 nitrogen and oxygen atoms in total. The first-order chi connectivity index (χ1) is 7.79. The van der Waals surface area contributed by atoms with E-state index in [-0.39, 0.29) is 0 Å². The molecule has 0 aliphatic carbocycles. The van der Waals surface area contributed by atoms with Crippen molar-refractivity contribution in [2.45, 2.75) is 76.1 Å². The van der Waals surface area contributed by atoms with Crippen LogP contribution in [-0.4, -0.2) is 11.7 Å². The molecule has 0 aromatic carbocycles. The summed E-state index contributed by atoms with van der Waals surface area (Å²) in [6.07, 6.45) is 10.1. The molecule has 0 N–H and O–H groups in total. The Kier molecular flexibility index (Phi) is 16.8. The van der Waals surface area contributed by atoms with Crippen LogP contribution in [0.4, 0.5) is 0 Å². The average Bonchev–Trinajstić information content (AvgIpc) is 2.14. The first-order valence-corrected chi connectivity index (χ1v) is 11.9. The third-order valence-corrected chi connectivity index (χ3v) is 2.60. The van der Waals surface area contributed by atoms with Gasteiger partial charge in [-0.3, -0.25) is 0 Å². The Balaban J connectivity index is 0. The third kappa shape index (κ3) is 31.7. The first kappa shape index (κ1) is 20.7. The molecule has 0 aromatic rings. The quantitative estimate of drug-likeness (QED) is 0.201. The van der Waals surface area contributed by atoms with Crippen molar-refractivity contribution in [3.8, 4) is 0 Å². The van der Waals surface area contributed by atoms with E-state index in [9.17, 15) is 0 Å². The van der Waals surface area contributed by atoms with Crippen molar-refractivity contribution < 1.29 is 0 Å². The standard InChI is InChI=1S/C11H22Cl2.CH4Cl2Si/c1-3-4-5-6-7-8-9-10-11(2,12)13;1-4(2)3/h3-10H2,1-2H3;4H,1H3. The summed E-state index contributed by atoms with van der Waals surface area (Å²) in [5.74, 6) is 0. The lowest BCUT2D eigenvalue weighted by molar-refractivity contribution is 0.564. The van der Waals surface area contributed by atoms with Crippen LogP contribution in [0.1, 0.15) is 65.2 Å². The van der Waals surface area contributed by atoms with Gasteiger partial charge in [0.2, 0.25) is 7.42 Å². The van der Waals surface area contributed by atoms with Gasteiger partial charge in [-0.25, -0.2) is 0 Å². The van der Waals surface area contributed by atoms with E-state index in [2.05, 4.69) is 6.92 Å². The summed E-state index contributed by atoms with van der Waals surface area (Å²) >= 11 is 22.1. The zero-order chi connectivity index (χ0) is 13.7. The van der Waals surface area contributed by atoms with Crippen LogP contribution < -0.4 is 0 Å². The van der Waals surface area contributed by atoms with Gasteiger partial charge in [-0.1, -0.05) is 51.9 Å². The fourth-order valence-corrected chi connectivity index (χ4v) is 1.66. The van der Waals surface area contributed by atoms with Gasteiger partial charge in [0, 0.05) is 0 Å². The molecule has 0 amide bonds. The Morgan fingerprint density at radius 1 is 0.882 bits per heavy atom. The molecule has 0 atom stereocenters. The summed E-state index contributed by atoms with van der Waals surface area (Å²) in [4.78, 5) is 0. The SMILES string of the molecule is CCCCCCCCCC(C)(Cl)Cl.C[SiH](Cl)Cl. The second-order valence-corrected chi connectivity index (χ2v) is 12.0. The van der Waals surface area contributed by atoms with Gasteiger partial charge >= 0.3 is 0 Å². The van der Waals surface area contributed by atoms with Gasteiger partial charge in [0.1, 0.15) is 4.33 Å². The van der Waals surface area contributed by atoms with Crippen LogP contribution in [0.5, 0.6) is 0 Å². The lowest BCUT2D eigenvalue weighted by atomic mass is 10.1. The highest BCUT2D eigenvalue weighted by Gasteiger charge is 2.14. The zero-order valence-corrected chi connectivity index (χ0v) is 15.4. The van der Waals surface area contributed by atoms with Crippen molar-refractivity contribution in [1.29, 1.82) is 0 Å². The second-order valence-electron chi connectivity index (χ2n) is 4.46. The minimum Gasteiger partial charge on any atom is -0.151 e. The lowest BCUT2D eigenvalue weighted by Crippen LogP contribution is -2.04. The molecular weight excluding hydrogens is 314 g/mol. The van der Waals surface area contributed by atoms with Gasteiger partial charge in [-0.15, -0.1) is 23.2 Å². The minimum absolute atomic E-state index is 0.510. The van der Waals surface area contributed by atoms with E-state index in [4.69, 9.17) is 45.4 Å². The fraction of sp³-hybridized carbons (Fsp3) is 1.00. The first-order valence-electron chi connectivity index (χ1n) is 6.45. The average molecular weight is 340 g/mol. The van der Waals surface area contributed by atoms with Crippen molar-refractivity contribution in [3.05, 3.63) is 0 Å². The summed E-state index contributed by atoms with van der Waals surface area (Å²) in [5, 5.41) is 0. The molecule has 106 valence electrons. The maximum Gasteiger partial charge on any atom is 0.234 e. The van der Waals surface area contributed by atoms with Gasteiger partial charge in [-0.05, 0) is 19.9 Å².